The second-order valence-corrected chi connectivity index (χ2v) is 4.17. The van der Waals surface area contributed by atoms with Crippen LogP contribution in [0.3, 0.4) is 0 Å². The maximum absolute atomic E-state index is 3.50. The largest absolute Gasteiger partial charge is 0.384 e. The highest BCUT2D eigenvalue weighted by atomic mass is 15.0. The van der Waals surface area contributed by atoms with Gasteiger partial charge in [0.1, 0.15) is 0 Å². The van der Waals surface area contributed by atoms with Gasteiger partial charge in [-0.2, -0.15) is 0 Å². The SMILES string of the molecule is CCc1ccccc1NCCNC1CC1. The Balaban J connectivity index is 1.75. The maximum Gasteiger partial charge on any atom is 0.0373 e. The van der Waals surface area contributed by atoms with Crippen LogP contribution in [0.15, 0.2) is 24.3 Å². The van der Waals surface area contributed by atoms with Crippen molar-refractivity contribution in [3.63, 3.8) is 0 Å². The van der Waals surface area contributed by atoms with Gasteiger partial charge in [0.25, 0.3) is 0 Å². The molecule has 1 saturated carbocycles. The van der Waals surface area contributed by atoms with E-state index in [1.165, 1.54) is 24.1 Å². The Morgan fingerprint density at radius 3 is 2.73 bits per heavy atom. The molecule has 2 nitrogen and oxygen atoms in total. The average molecular weight is 204 g/mol. The number of hydrogen-bond donors (Lipinski definition) is 2. The van der Waals surface area contributed by atoms with Crippen molar-refractivity contribution in [1.82, 2.24) is 5.32 Å². The van der Waals surface area contributed by atoms with Gasteiger partial charge in [0.2, 0.25) is 0 Å². The van der Waals surface area contributed by atoms with E-state index in [0.29, 0.717) is 0 Å². The molecule has 2 heteroatoms. The first-order valence-electron chi connectivity index (χ1n) is 5.95. The summed E-state index contributed by atoms with van der Waals surface area (Å²) in [6.07, 6.45) is 3.83. The summed E-state index contributed by atoms with van der Waals surface area (Å²) in [5.74, 6) is 0. The van der Waals surface area contributed by atoms with E-state index in [1.54, 1.807) is 0 Å². The number of anilines is 1. The topological polar surface area (TPSA) is 24.1 Å². The predicted molar refractivity (Wildman–Crippen MR) is 65.3 cm³/mol. The molecule has 1 aromatic rings. The minimum Gasteiger partial charge on any atom is -0.384 e. The van der Waals surface area contributed by atoms with Gasteiger partial charge in [-0.15, -0.1) is 0 Å². The first-order valence-corrected chi connectivity index (χ1v) is 5.95. The molecule has 0 saturated heterocycles. The van der Waals surface area contributed by atoms with Crippen LogP contribution in [-0.4, -0.2) is 19.1 Å². The monoisotopic (exact) mass is 204 g/mol. The third kappa shape index (κ3) is 3.24. The Hall–Kier alpha value is -1.02. The van der Waals surface area contributed by atoms with Crippen LogP contribution in [0, 0.1) is 0 Å². The molecule has 0 aromatic heterocycles. The lowest BCUT2D eigenvalue weighted by Crippen LogP contribution is -2.24. The summed E-state index contributed by atoms with van der Waals surface area (Å²) in [7, 11) is 0. The van der Waals surface area contributed by atoms with Gasteiger partial charge in [0.15, 0.2) is 0 Å². The van der Waals surface area contributed by atoms with Crippen LogP contribution in [0.25, 0.3) is 0 Å². The molecule has 1 aliphatic carbocycles. The highest BCUT2D eigenvalue weighted by Gasteiger charge is 2.19. The molecule has 2 rings (SSSR count). The summed E-state index contributed by atoms with van der Waals surface area (Å²) in [4.78, 5) is 0. The van der Waals surface area contributed by atoms with Crippen molar-refractivity contribution < 1.29 is 0 Å². The molecule has 0 amide bonds. The summed E-state index contributed by atoms with van der Waals surface area (Å²) in [6.45, 7) is 4.29. The number of nitrogens with one attached hydrogen (secondary N) is 2. The van der Waals surface area contributed by atoms with Gasteiger partial charge < -0.3 is 10.6 Å². The lowest BCUT2D eigenvalue weighted by molar-refractivity contribution is 0.701. The summed E-state index contributed by atoms with van der Waals surface area (Å²) in [5, 5.41) is 6.99. The van der Waals surface area contributed by atoms with Crippen LogP contribution in [0.5, 0.6) is 0 Å². The molecule has 0 radical (unpaired) electrons. The number of rotatable bonds is 6. The molecule has 1 aromatic carbocycles. The summed E-state index contributed by atoms with van der Waals surface area (Å²) >= 11 is 0. The summed E-state index contributed by atoms with van der Waals surface area (Å²) in [6, 6.07) is 9.36. The van der Waals surface area contributed by atoms with E-state index >= 15 is 0 Å². The average Bonchev–Trinajstić information content (AvgIpc) is 3.09. The number of para-hydroxylation sites is 1. The number of benzene rings is 1. The van der Waals surface area contributed by atoms with Crippen LogP contribution < -0.4 is 10.6 Å². The molecule has 0 aliphatic heterocycles. The van der Waals surface area contributed by atoms with E-state index < -0.39 is 0 Å². The molecular formula is C13H20N2. The molecular weight excluding hydrogens is 184 g/mol. The van der Waals surface area contributed by atoms with E-state index in [1.807, 2.05) is 0 Å². The molecule has 0 unspecified atom stereocenters. The van der Waals surface area contributed by atoms with Crippen molar-refractivity contribution in [2.75, 3.05) is 18.4 Å². The predicted octanol–water partition coefficient (Wildman–Crippen LogP) is 2.41. The minimum absolute atomic E-state index is 0.813. The zero-order valence-electron chi connectivity index (χ0n) is 9.42. The Morgan fingerprint density at radius 1 is 1.20 bits per heavy atom. The Kier molecular flexibility index (Phi) is 3.62. The van der Waals surface area contributed by atoms with E-state index in [4.69, 9.17) is 0 Å². The van der Waals surface area contributed by atoms with Crippen LogP contribution in [-0.2, 0) is 6.42 Å². The number of aryl methyl sites for hydroxylation is 1. The lowest BCUT2D eigenvalue weighted by atomic mass is 10.1. The Bertz CT molecular complexity index is 305. The normalized spacial score (nSPS) is 15.3. The highest BCUT2D eigenvalue weighted by molar-refractivity contribution is 5.50. The third-order valence-electron chi connectivity index (χ3n) is 2.85. The molecule has 1 fully saturated rings. The van der Waals surface area contributed by atoms with Crippen molar-refractivity contribution in [1.29, 1.82) is 0 Å². The van der Waals surface area contributed by atoms with Gasteiger partial charge in [-0.05, 0) is 30.9 Å². The molecule has 0 heterocycles. The fourth-order valence-corrected chi connectivity index (χ4v) is 1.76. The molecule has 15 heavy (non-hydrogen) atoms. The maximum atomic E-state index is 3.50. The second kappa shape index (κ2) is 5.17. The summed E-state index contributed by atoms with van der Waals surface area (Å²) in [5.41, 5.74) is 2.70. The van der Waals surface area contributed by atoms with Crippen molar-refractivity contribution in [3.05, 3.63) is 29.8 Å². The van der Waals surface area contributed by atoms with Crippen molar-refractivity contribution in [2.24, 2.45) is 0 Å². The Morgan fingerprint density at radius 2 is 2.00 bits per heavy atom. The third-order valence-corrected chi connectivity index (χ3v) is 2.85. The molecule has 1 aliphatic rings. The van der Waals surface area contributed by atoms with Gasteiger partial charge in [-0.1, -0.05) is 25.1 Å². The Labute approximate surface area is 92.1 Å². The fourth-order valence-electron chi connectivity index (χ4n) is 1.76. The quantitative estimate of drug-likeness (QED) is 0.695. The van der Waals surface area contributed by atoms with Gasteiger partial charge in [-0.3, -0.25) is 0 Å². The van der Waals surface area contributed by atoms with Crippen molar-refractivity contribution in [2.45, 2.75) is 32.2 Å². The van der Waals surface area contributed by atoms with E-state index in [2.05, 4.69) is 41.8 Å². The first kappa shape index (κ1) is 10.5. The molecule has 0 atom stereocenters. The minimum atomic E-state index is 0.813. The molecule has 0 bridgehead atoms. The highest BCUT2D eigenvalue weighted by Crippen LogP contribution is 2.18. The molecule has 0 spiro atoms. The van der Waals surface area contributed by atoms with Gasteiger partial charge in [0, 0.05) is 24.8 Å². The van der Waals surface area contributed by atoms with Crippen LogP contribution >= 0.6 is 0 Å². The van der Waals surface area contributed by atoms with Gasteiger partial charge in [-0.25, -0.2) is 0 Å². The van der Waals surface area contributed by atoms with Crippen molar-refractivity contribution >= 4 is 5.69 Å². The zero-order chi connectivity index (χ0) is 10.5. The van der Waals surface area contributed by atoms with Gasteiger partial charge >= 0.3 is 0 Å². The van der Waals surface area contributed by atoms with Crippen LogP contribution in [0.1, 0.15) is 25.3 Å². The molecule has 82 valence electrons. The summed E-state index contributed by atoms with van der Waals surface area (Å²) < 4.78 is 0. The van der Waals surface area contributed by atoms with E-state index in [9.17, 15) is 0 Å². The molecule has 2 N–H and O–H groups in total. The van der Waals surface area contributed by atoms with Crippen molar-refractivity contribution in [3.8, 4) is 0 Å². The van der Waals surface area contributed by atoms with E-state index in [0.717, 1.165) is 25.6 Å². The lowest BCUT2D eigenvalue weighted by Gasteiger charge is -2.10. The second-order valence-electron chi connectivity index (χ2n) is 4.17. The smallest absolute Gasteiger partial charge is 0.0373 e. The fraction of sp³-hybridized carbons (Fsp3) is 0.538. The standard InChI is InChI=1S/C13H20N2/c1-2-11-5-3-4-6-13(11)15-10-9-14-12-7-8-12/h3-6,12,14-15H,2,7-10H2,1H3. The van der Waals surface area contributed by atoms with Crippen LogP contribution in [0.2, 0.25) is 0 Å². The zero-order valence-corrected chi connectivity index (χ0v) is 9.42. The van der Waals surface area contributed by atoms with Gasteiger partial charge in [0.05, 0.1) is 0 Å². The van der Waals surface area contributed by atoms with E-state index in [-0.39, 0.29) is 0 Å². The number of hydrogen-bond acceptors (Lipinski definition) is 2. The first-order chi connectivity index (χ1) is 7.40. The van der Waals surface area contributed by atoms with Crippen LogP contribution in [0.4, 0.5) is 5.69 Å².